The third-order valence-electron chi connectivity index (χ3n) is 1.38. The maximum Gasteiger partial charge on any atom is 0.573 e. The zero-order valence-electron chi connectivity index (χ0n) is 7.31. The molecule has 0 atom stereocenters. The van der Waals surface area contributed by atoms with Crippen molar-refractivity contribution in [3.05, 3.63) is 20.2 Å². The molecule has 0 aliphatic heterocycles. The summed E-state index contributed by atoms with van der Waals surface area (Å²) < 4.78 is 40.1. The fraction of sp³-hybridized carbons (Fsp3) is 0.125. The molecule has 0 aliphatic rings. The standard InChI is InChI=1S/C8H2BrF3INO2/c9-5-1-4(16-8(10,11)12)2-6(13)7(5)14-3-15/h1-2H. The van der Waals surface area contributed by atoms with Crippen LogP contribution in [-0.2, 0) is 4.79 Å². The third kappa shape index (κ3) is 3.76. The Morgan fingerprint density at radius 2 is 2.06 bits per heavy atom. The van der Waals surface area contributed by atoms with Crippen molar-refractivity contribution in [1.29, 1.82) is 0 Å². The number of aliphatic imine (C=N–C) groups is 1. The van der Waals surface area contributed by atoms with E-state index in [2.05, 4.69) is 25.7 Å². The molecule has 86 valence electrons. The van der Waals surface area contributed by atoms with Gasteiger partial charge in [0.25, 0.3) is 0 Å². The van der Waals surface area contributed by atoms with Crippen LogP contribution in [0.15, 0.2) is 21.6 Å². The summed E-state index contributed by atoms with van der Waals surface area (Å²) in [5.74, 6) is -0.381. The average molecular weight is 408 g/mol. The number of isocyanates is 1. The Bertz CT molecular complexity index is 434. The molecule has 0 amide bonds. The van der Waals surface area contributed by atoms with E-state index in [1.54, 1.807) is 22.6 Å². The van der Waals surface area contributed by atoms with Crippen molar-refractivity contribution in [2.75, 3.05) is 0 Å². The van der Waals surface area contributed by atoms with E-state index in [1.807, 2.05) is 0 Å². The zero-order chi connectivity index (χ0) is 12.3. The molecule has 0 bridgehead atoms. The maximum absolute atomic E-state index is 11.9. The van der Waals surface area contributed by atoms with Gasteiger partial charge >= 0.3 is 6.36 Å². The first-order chi connectivity index (χ1) is 7.33. The number of alkyl halides is 3. The molecule has 1 aromatic rings. The Hall–Kier alpha value is -0.600. The molecular formula is C8H2BrF3INO2. The molecule has 0 aromatic heterocycles. The van der Waals surface area contributed by atoms with Gasteiger partial charge in [0.2, 0.25) is 6.08 Å². The molecule has 0 radical (unpaired) electrons. The second kappa shape index (κ2) is 5.15. The molecule has 0 saturated heterocycles. The maximum atomic E-state index is 11.9. The fourth-order valence-corrected chi connectivity index (χ4v) is 2.50. The Kier molecular flexibility index (Phi) is 4.34. The van der Waals surface area contributed by atoms with E-state index in [-0.39, 0.29) is 15.9 Å². The summed E-state index contributed by atoms with van der Waals surface area (Å²) in [4.78, 5) is 13.4. The lowest BCUT2D eigenvalue weighted by molar-refractivity contribution is -0.274. The summed E-state index contributed by atoms with van der Waals surface area (Å²) in [6.45, 7) is 0. The van der Waals surface area contributed by atoms with E-state index in [1.165, 1.54) is 6.08 Å². The molecule has 16 heavy (non-hydrogen) atoms. The summed E-state index contributed by atoms with van der Waals surface area (Å²) in [7, 11) is 0. The van der Waals surface area contributed by atoms with Crippen LogP contribution < -0.4 is 4.74 Å². The van der Waals surface area contributed by atoms with Gasteiger partial charge in [-0.05, 0) is 50.7 Å². The Labute approximate surface area is 110 Å². The molecule has 1 aromatic carbocycles. The first-order valence-corrected chi connectivity index (χ1v) is 5.53. The lowest BCUT2D eigenvalue weighted by Crippen LogP contribution is -2.17. The highest BCUT2D eigenvalue weighted by Gasteiger charge is 2.31. The largest absolute Gasteiger partial charge is 0.573 e. The summed E-state index contributed by atoms with van der Waals surface area (Å²) in [6, 6.07) is 2.20. The molecule has 0 heterocycles. The van der Waals surface area contributed by atoms with Crippen LogP contribution >= 0.6 is 38.5 Å². The van der Waals surface area contributed by atoms with E-state index in [9.17, 15) is 18.0 Å². The molecule has 0 unspecified atom stereocenters. The number of halogens is 5. The van der Waals surface area contributed by atoms with Gasteiger partial charge in [-0.15, -0.1) is 13.2 Å². The number of rotatable bonds is 2. The predicted octanol–water partition coefficient (Wildman–Crippen LogP) is 3.92. The van der Waals surface area contributed by atoms with Crippen LogP contribution in [0.2, 0.25) is 0 Å². The van der Waals surface area contributed by atoms with Gasteiger partial charge in [-0.3, -0.25) is 0 Å². The van der Waals surface area contributed by atoms with E-state index in [4.69, 9.17) is 0 Å². The first-order valence-electron chi connectivity index (χ1n) is 3.66. The lowest BCUT2D eigenvalue weighted by Gasteiger charge is -2.10. The summed E-state index contributed by atoms with van der Waals surface area (Å²) in [5.41, 5.74) is 0.213. The summed E-state index contributed by atoms with van der Waals surface area (Å²) >= 11 is 4.72. The van der Waals surface area contributed by atoms with E-state index in [0.29, 0.717) is 3.57 Å². The minimum Gasteiger partial charge on any atom is -0.406 e. The van der Waals surface area contributed by atoms with Crippen LogP contribution in [0.1, 0.15) is 0 Å². The zero-order valence-corrected chi connectivity index (χ0v) is 11.1. The minimum absolute atomic E-state index is 0.213. The van der Waals surface area contributed by atoms with Crippen molar-refractivity contribution in [1.82, 2.24) is 0 Å². The monoisotopic (exact) mass is 407 g/mol. The second-order valence-corrected chi connectivity index (χ2v) is 4.50. The van der Waals surface area contributed by atoms with Gasteiger partial charge < -0.3 is 4.74 Å². The Morgan fingerprint density at radius 3 is 2.50 bits per heavy atom. The number of hydrogen-bond donors (Lipinski definition) is 0. The summed E-state index contributed by atoms with van der Waals surface area (Å²) in [6.07, 6.45) is -3.44. The van der Waals surface area contributed by atoms with Gasteiger partial charge in [0, 0.05) is 8.04 Å². The van der Waals surface area contributed by atoms with E-state index in [0.717, 1.165) is 12.1 Å². The van der Waals surface area contributed by atoms with Crippen LogP contribution in [0.25, 0.3) is 0 Å². The SMILES string of the molecule is O=C=Nc1c(Br)cc(OC(F)(F)F)cc1I. The van der Waals surface area contributed by atoms with Crippen LogP contribution in [-0.4, -0.2) is 12.4 Å². The number of nitrogens with zero attached hydrogens (tertiary/aromatic N) is 1. The van der Waals surface area contributed by atoms with Gasteiger partial charge in [-0.25, -0.2) is 4.79 Å². The number of carbonyl (C=O) groups excluding carboxylic acids is 1. The average Bonchev–Trinajstić information content (AvgIpc) is 2.08. The third-order valence-corrected chi connectivity index (χ3v) is 2.81. The van der Waals surface area contributed by atoms with Crippen molar-refractivity contribution in [2.45, 2.75) is 6.36 Å². The van der Waals surface area contributed by atoms with Crippen LogP contribution in [0.4, 0.5) is 18.9 Å². The highest BCUT2D eigenvalue weighted by atomic mass is 127. The lowest BCUT2D eigenvalue weighted by atomic mass is 10.3. The molecule has 1 rings (SSSR count). The van der Waals surface area contributed by atoms with Crippen molar-refractivity contribution < 1.29 is 22.7 Å². The highest BCUT2D eigenvalue weighted by molar-refractivity contribution is 14.1. The van der Waals surface area contributed by atoms with Crippen LogP contribution in [0.5, 0.6) is 5.75 Å². The predicted molar refractivity (Wildman–Crippen MR) is 61.3 cm³/mol. The van der Waals surface area contributed by atoms with Gasteiger partial charge in [0.1, 0.15) is 11.4 Å². The minimum atomic E-state index is -4.75. The normalized spacial score (nSPS) is 10.8. The molecule has 3 nitrogen and oxygen atoms in total. The number of ether oxygens (including phenoxy) is 1. The molecule has 0 aliphatic carbocycles. The number of hydrogen-bond acceptors (Lipinski definition) is 3. The molecule has 0 spiro atoms. The summed E-state index contributed by atoms with van der Waals surface area (Å²) in [5, 5.41) is 0. The quantitative estimate of drug-likeness (QED) is 0.423. The van der Waals surface area contributed by atoms with Gasteiger partial charge in [-0.1, -0.05) is 0 Å². The topological polar surface area (TPSA) is 38.7 Å². The van der Waals surface area contributed by atoms with Crippen molar-refractivity contribution in [2.24, 2.45) is 4.99 Å². The van der Waals surface area contributed by atoms with Crippen LogP contribution in [0, 0.1) is 3.57 Å². The molecule has 0 N–H and O–H groups in total. The first kappa shape index (κ1) is 13.5. The second-order valence-electron chi connectivity index (χ2n) is 2.49. The van der Waals surface area contributed by atoms with Crippen LogP contribution in [0.3, 0.4) is 0 Å². The highest BCUT2D eigenvalue weighted by Crippen LogP contribution is 2.36. The Balaban J connectivity index is 3.14. The molecular weight excluding hydrogens is 406 g/mol. The van der Waals surface area contributed by atoms with Gasteiger partial charge in [0.15, 0.2) is 0 Å². The molecule has 0 saturated carbocycles. The Morgan fingerprint density at radius 1 is 1.44 bits per heavy atom. The van der Waals surface area contributed by atoms with E-state index < -0.39 is 6.36 Å². The smallest absolute Gasteiger partial charge is 0.406 e. The fourth-order valence-electron chi connectivity index (χ4n) is 0.887. The van der Waals surface area contributed by atoms with Gasteiger partial charge in [0.05, 0.1) is 0 Å². The number of benzene rings is 1. The van der Waals surface area contributed by atoms with E-state index >= 15 is 0 Å². The van der Waals surface area contributed by atoms with Crippen molar-refractivity contribution in [3.63, 3.8) is 0 Å². The van der Waals surface area contributed by atoms with Crippen molar-refractivity contribution in [3.8, 4) is 5.75 Å². The van der Waals surface area contributed by atoms with Crippen molar-refractivity contribution >= 4 is 50.3 Å². The van der Waals surface area contributed by atoms with Gasteiger partial charge in [-0.2, -0.15) is 4.99 Å². The molecule has 8 heteroatoms. The molecule has 0 fully saturated rings.